The molecule has 0 aromatic heterocycles. The van der Waals surface area contributed by atoms with E-state index in [1.807, 2.05) is 42.5 Å². The highest BCUT2D eigenvalue weighted by atomic mass is 79.9. The van der Waals surface area contributed by atoms with Gasteiger partial charge in [-0.25, -0.2) is 0 Å². The molecule has 0 saturated carbocycles. The third kappa shape index (κ3) is 3.89. The largest absolute Gasteiger partial charge is 0.494 e. The molecule has 2 aromatic rings. The van der Waals surface area contributed by atoms with Crippen LogP contribution in [0.5, 0.6) is 17.2 Å². The lowest BCUT2D eigenvalue weighted by atomic mass is 10.3. The lowest BCUT2D eigenvalue weighted by molar-refractivity contribution is 0.317. The number of hydrogen-bond donors (Lipinski definition) is 1. The van der Waals surface area contributed by atoms with Crippen LogP contribution >= 0.6 is 15.9 Å². The van der Waals surface area contributed by atoms with Crippen LogP contribution in [-0.4, -0.2) is 6.61 Å². The van der Waals surface area contributed by atoms with E-state index in [-0.39, 0.29) is 0 Å². The average molecular weight is 322 g/mol. The first-order valence-corrected chi connectivity index (χ1v) is 6.94. The van der Waals surface area contributed by atoms with Crippen LogP contribution < -0.4 is 15.2 Å². The number of nitrogens with two attached hydrogens (primary N) is 1. The van der Waals surface area contributed by atoms with E-state index in [0.29, 0.717) is 11.4 Å². The molecule has 0 saturated heterocycles. The van der Waals surface area contributed by atoms with Crippen molar-refractivity contribution >= 4 is 21.6 Å². The summed E-state index contributed by atoms with van der Waals surface area (Å²) in [6.45, 7) is 2.80. The zero-order valence-corrected chi connectivity index (χ0v) is 12.3. The molecule has 0 bridgehead atoms. The number of benzene rings is 2. The third-order valence-corrected chi connectivity index (χ3v) is 2.99. The summed E-state index contributed by atoms with van der Waals surface area (Å²) in [5.74, 6) is 2.22. The van der Waals surface area contributed by atoms with Gasteiger partial charge in [0.25, 0.3) is 0 Å². The average Bonchev–Trinajstić information content (AvgIpc) is 2.41. The third-order valence-electron chi connectivity index (χ3n) is 2.50. The molecule has 0 atom stereocenters. The number of ether oxygens (including phenoxy) is 2. The van der Waals surface area contributed by atoms with Gasteiger partial charge in [-0.2, -0.15) is 0 Å². The molecule has 0 spiro atoms. The minimum absolute atomic E-state index is 0.598. The molecule has 3 nitrogen and oxygen atoms in total. The molecule has 0 amide bonds. The molecular weight excluding hydrogens is 306 g/mol. The normalized spacial score (nSPS) is 10.2. The second kappa shape index (κ2) is 6.48. The molecular formula is C15H16BrNO2. The Morgan fingerprint density at radius 3 is 2.37 bits per heavy atom. The number of hydrogen-bond acceptors (Lipinski definition) is 3. The fourth-order valence-corrected chi connectivity index (χ4v) is 1.94. The summed E-state index contributed by atoms with van der Waals surface area (Å²) in [5, 5.41) is 0. The van der Waals surface area contributed by atoms with Gasteiger partial charge in [-0.1, -0.05) is 22.9 Å². The Labute approximate surface area is 121 Å². The van der Waals surface area contributed by atoms with Crippen LogP contribution in [0.25, 0.3) is 0 Å². The van der Waals surface area contributed by atoms with E-state index in [2.05, 4.69) is 22.9 Å². The fraction of sp³-hybridized carbons (Fsp3) is 0.200. The van der Waals surface area contributed by atoms with Gasteiger partial charge in [0.05, 0.1) is 12.3 Å². The van der Waals surface area contributed by atoms with Crippen molar-refractivity contribution in [2.45, 2.75) is 13.3 Å². The smallest absolute Gasteiger partial charge is 0.150 e. The standard InChI is InChI=1S/C15H16BrNO2/c1-2-9-18-12-4-6-13(7-5-12)19-15-8-3-11(16)10-14(15)17/h3-8,10H,2,9,17H2,1H3. The molecule has 2 rings (SSSR count). The van der Waals surface area contributed by atoms with E-state index in [1.54, 1.807) is 0 Å². The quantitative estimate of drug-likeness (QED) is 0.818. The van der Waals surface area contributed by atoms with Crippen LogP contribution in [-0.2, 0) is 0 Å². The molecule has 0 aliphatic carbocycles. The van der Waals surface area contributed by atoms with E-state index in [0.717, 1.165) is 29.0 Å². The van der Waals surface area contributed by atoms with Crippen LogP contribution in [0.15, 0.2) is 46.9 Å². The highest BCUT2D eigenvalue weighted by Gasteiger charge is 2.03. The zero-order valence-electron chi connectivity index (χ0n) is 10.7. The van der Waals surface area contributed by atoms with Crippen LogP contribution in [0.2, 0.25) is 0 Å². The Morgan fingerprint density at radius 2 is 1.74 bits per heavy atom. The number of rotatable bonds is 5. The van der Waals surface area contributed by atoms with Crippen molar-refractivity contribution < 1.29 is 9.47 Å². The molecule has 0 aliphatic rings. The highest BCUT2D eigenvalue weighted by Crippen LogP contribution is 2.30. The van der Waals surface area contributed by atoms with E-state index < -0.39 is 0 Å². The predicted octanol–water partition coefficient (Wildman–Crippen LogP) is 4.61. The Hall–Kier alpha value is -1.68. The van der Waals surface area contributed by atoms with Crippen LogP contribution in [0.4, 0.5) is 5.69 Å². The first-order valence-electron chi connectivity index (χ1n) is 6.15. The lowest BCUT2D eigenvalue weighted by Crippen LogP contribution is -1.95. The van der Waals surface area contributed by atoms with E-state index in [1.165, 1.54) is 0 Å². The maximum atomic E-state index is 5.89. The van der Waals surface area contributed by atoms with Crippen molar-refractivity contribution in [1.29, 1.82) is 0 Å². The molecule has 2 aromatic carbocycles. The summed E-state index contributed by atoms with van der Waals surface area (Å²) in [6, 6.07) is 13.1. The molecule has 19 heavy (non-hydrogen) atoms. The highest BCUT2D eigenvalue weighted by molar-refractivity contribution is 9.10. The topological polar surface area (TPSA) is 44.5 Å². The minimum Gasteiger partial charge on any atom is -0.494 e. The molecule has 0 unspecified atom stereocenters. The Balaban J connectivity index is 2.06. The molecule has 100 valence electrons. The van der Waals surface area contributed by atoms with Crippen molar-refractivity contribution in [3.63, 3.8) is 0 Å². The lowest BCUT2D eigenvalue weighted by Gasteiger charge is -2.10. The molecule has 0 heterocycles. The first kappa shape index (κ1) is 13.7. The molecule has 0 fully saturated rings. The van der Waals surface area contributed by atoms with Crippen LogP contribution in [0.3, 0.4) is 0 Å². The first-order chi connectivity index (χ1) is 9.19. The summed E-state index contributed by atoms with van der Waals surface area (Å²) in [4.78, 5) is 0. The summed E-state index contributed by atoms with van der Waals surface area (Å²) in [5.41, 5.74) is 6.48. The van der Waals surface area contributed by atoms with Crippen molar-refractivity contribution in [3.05, 3.63) is 46.9 Å². The van der Waals surface area contributed by atoms with Gasteiger partial charge in [-0.15, -0.1) is 0 Å². The molecule has 4 heteroatoms. The Morgan fingerprint density at radius 1 is 1.05 bits per heavy atom. The summed E-state index contributed by atoms with van der Waals surface area (Å²) in [6.07, 6.45) is 0.994. The van der Waals surface area contributed by atoms with Gasteiger partial charge in [0, 0.05) is 4.47 Å². The van der Waals surface area contributed by atoms with Gasteiger partial charge in [0.15, 0.2) is 0 Å². The molecule has 0 radical (unpaired) electrons. The van der Waals surface area contributed by atoms with Crippen molar-refractivity contribution in [2.75, 3.05) is 12.3 Å². The summed E-state index contributed by atoms with van der Waals surface area (Å²) in [7, 11) is 0. The van der Waals surface area contributed by atoms with Crippen LogP contribution in [0.1, 0.15) is 13.3 Å². The van der Waals surface area contributed by atoms with Gasteiger partial charge in [0.1, 0.15) is 17.2 Å². The number of halogens is 1. The van der Waals surface area contributed by atoms with Crippen LogP contribution in [0, 0.1) is 0 Å². The van der Waals surface area contributed by atoms with Gasteiger partial charge >= 0.3 is 0 Å². The SMILES string of the molecule is CCCOc1ccc(Oc2ccc(Br)cc2N)cc1. The van der Waals surface area contributed by atoms with Crippen molar-refractivity contribution in [1.82, 2.24) is 0 Å². The van der Waals surface area contributed by atoms with Gasteiger partial charge in [-0.05, 0) is 48.9 Å². The second-order valence-corrected chi connectivity index (χ2v) is 5.02. The van der Waals surface area contributed by atoms with Crippen molar-refractivity contribution in [3.8, 4) is 17.2 Å². The second-order valence-electron chi connectivity index (χ2n) is 4.10. The fourth-order valence-electron chi connectivity index (χ4n) is 1.56. The van der Waals surface area contributed by atoms with E-state index in [4.69, 9.17) is 15.2 Å². The maximum Gasteiger partial charge on any atom is 0.150 e. The monoisotopic (exact) mass is 321 g/mol. The Kier molecular flexibility index (Phi) is 4.68. The van der Waals surface area contributed by atoms with Crippen molar-refractivity contribution in [2.24, 2.45) is 0 Å². The van der Waals surface area contributed by atoms with E-state index in [9.17, 15) is 0 Å². The number of anilines is 1. The minimum atomic E-state index is 0.598. The zero-order chi connectivity index (χ0) is 13.7. The molecule has 0 aliphatic heterocycles. The van der Waals surface area contributed by atoms with E-state index >= 15 is 0 Å². The van der Waals surface area contributed by atoms with Gasteiger partial charge in [0.2, 0.25) is 0 Å². The number of nitrogen functional groups attached to an aromatic ring is 1. The maximum absolute atomic E-state index is 5.89. The summed E-state index contributed by atoms with van der Waals surface area (Å²) < 4.78 is 12.2. The predicted molar refractivity (Wildman–Crippen MR) is 80.9 cm³/mol. The van der Waals surface area contributed by atoms with Gasteiger partial charge < -0.3 is 15.2 Å². The molecule has 2 N–H and O–H groups in total. The van der Waals surface area contributed by atoms with Gasteiger partial charge in [-0.3, -0.25) is 0 Å². The summed E-state index contributed by atoms with van der Waals surface area (Å²) >= 11 is 3.36. The Bertz CT molecular complexity index is 540.